The molecule has 1 aromatic rings. The van der Waals surface area contributed by atoms with E-state index in [2.05, 4.69) is 5.32 Å². The van der Waals surface area contributed by atoms with Gasteiger partial charge in [0.2, 0.25) is 5.91 Å². The Morgan fingerprint density at radius 1 is 1.32 bits per heavy atom. The number of carbonyl (C=O) groups excluding carboxylic acids is 1. The van der Waals surface area contributed by atoms with Crippen molar-refractivity contribution in [1.29, 1.82) is 0 Å². The van der Waals surface area contributed by atoms with Crippen molar-refractivity contribution in [2.24, 2.45) is 0 Å². The summed E-state index contributed by atoms with van der Waals surface area (Å²) in [5.41, 5.74) is 1.35. The van der Waals surface area contributed by atoms with E-state index in [1.807, 2.05) is 0 Å². The molecule has 1 aliphatic rings. The van der Waals surface area contributed by atoms with Gasteiger partial charge in [0, 0.05) is 12.3 Å². The molecule has 0 spiro atoms. The van der Waals surface area contributed by atoms with E-state index in [4.69, 9.17) is 14.6 Å². The Bertz CT molecular complexity index is 494. The largest absolute Gasteiger partial charge is 0.481 e. The van der Waals surface area contributed by atoms with Gasteiger partial charge in [0.15, 0.2) is 0 Å². The van der Waals surface area contributed by atoms with Gasteiger partial charge in [-0.1, -0.05) is 12.1 Å². The molecule has 2 rings (SSSR count). The van der Waals surface area contributed by atoms with Crippen LogP contribution in [0.2, 0.25) is 0 Å². The molecule has 0 bridgehead atoms. The Balaban J connectivity index is 1.64. The smallest absolute Gasteiger partial charge is 0.307 e. The topological polar surface area (TPSA) is 84.9 Å². The van der Waals surface area contributed by atoms with Crippen molar-refractivity contribution >= 4 is 17.6 Å². The average molecular weight is 307 g/mol. The maximum Gasteiger partial charge on any atom is 0.307 e. The molecule has 2 N–H and O–H groups in total. The third-order valence-electron chi connectivity index (χ3n) is 3.39. The second kappa shape index (κ2) is 8.51. The number of hydrogen-bond acceptors (Lipinski definition) is 4. The van der Waals surface area contributed by atoms with E-state index in [-0.39, 0.29) is 24.9 Å². The van der Waals surface area contributed by atoms with E-state index < -0.39 is 5.97 Å². The fourth-order valence-electron chi connectivity index (χ4n) is 2.26. The number of amides is 1. The van der Waals surface area contributed by atoms with E-state index in [9.17, 15) is 9.59 Å². The molecule has 22 heavy (non-hydrogen) atoms. The van der Waals surface area contributed by atoms with Crippen molar-refractivity contribution < 1.29 is 24.2 Å². The zero-order chi connectivity index (χ0) is 15.8. The molecule has 0 saturated carbocycles. The molecule has 1 atom stereocenters. The van der Waals surface area contributed by atoms with Crippen molar-refractivity contribution in [2.45, 2.75) is 31.8 Å². The SMILES string of the molecule is O=C(O)Cc1ccc(NC(=O)CCOCC2CCCO2)cc1. The lowest BCUT2D eigenvalue weighted by molar-refractivity contribution is -0.136. The fourth-order valence-corrected chi connectivity index (χ4v) is 2.26. The van der Waals surface area contributed by atoms with Crippen LogP contribution in [0, 0.1) is 0 Å². The average Bonchev–Trinajstić information content (AvgIpc) is 2.98. The molecule has 0 radical (unpaired) electrons. The summed E-state index contributed by atoms with van der Waals surface area (Å²) < 4.78 is 10.9. The quantitative estimate of drug-likeness (QED) is 0.716. The lowest BCUT2D eigenvalue weighted by Gasteiger charge is -2.10. The van der Waals surface area contributed by atoms with Crippen LogP contribution in [0.15, 0.2) is 24.3 Å². The van der Waals surface area contributed by atoms with Gasteiger partial charge in [-0.15, -0.1) is 0 Å². The number of carboxylic acids is 1. The molecule has 1 unspecified atom stereocenters. The third kappa shape index (κ3) is 5.83. The van der Waals surface area contributed by atoms with Crippen LogP contribution in [0.25, 0.3) is 0 Å². The molecule has 120 valence electrons. The second-order valence-electron chi connectivity index (χ2n) is 5.28. The Morgan fingerprint density at radius 2 is 2.09 bits per heavy atom. The minimum Gasteiger partial charge on any atom is -0.481 e. The molecule has 6 nitrogen and oxygen atoms in total. The lowest BCUT2D eigenvalue weighted by Crippen LogP contribution is -2.18. The van der Waals surface area contributed by atoms with Gasteiger partial charge < -0.3 is 19.9 Å². The number of nitrogens with one attached hydrogen (secondary N) is 1. The van der Waals surface area contributed by atoms with Crippen LogP contribution in [0.3, 0.4) is 0 Å². The van der Waals surface area contributed by atoms with E-state index >= 15 is 0 Å². The van der Waals surface area contributed by atoms with E-state index in [1.54, 1.807) is 24.3 Å². The highest BCUT2D eigenvalue weighted by Crippen LogP contribution is 2.12. The van der Waals surface area contributed by atoms with Gasteiger partial charge in [-0.3, -0.25) is 9.59 Å². The van der Waals surface area contributed by atoms with Crippen molar-refractivity contribution in [3.63, 3.8) is 0 Å². The first-order chi connectivity index (χ1) is 10.6. The summed E-state index contributed by atoms with van der Waals surface area (Å²) in [5, 5.41) is 11.4. The van der Waals surface area contributed by atoms with Crippen molar-refractivity contribution in [2.75, 3.05) is 25.1 Å². The highest BCUT2D eigenvalue weighted by Gasteiger charge is 2.15. The first-order valence-corrected chi connectivity index (χ1v) is 7.43. The third-order valence-corrected chi connectivity index (χ3v) is 3.39. The van der Waals surface area contributed by atoms with Crippen LogP contribution < -0.4 is 5.32 Å². The lowest BCUT2D eigenvalue weighted by atomic mass is 10.1. The zero-order valence-corrected chi connectivity index (χ0v) is 12.4. The van der Waals surface area contributed by atoms with Gasteiger partial charge in [0.05, 0.1) is 32.2 Å². The van der Waals surface area contributed by atoms with Crippen LogP contribution in [-0.4, -0.2) is 42.9 Å². The first-order valence-electron chi connectivity index (χ1n) is 7.43. The van der Waals surface area contributed by atoms with Crippen LogP contribution in [0.1, 0.15) is 24.8 Å². The number of rotatable bonds is 8. The van der Waals surface area contributed by atoms with E-state index in [0.29, 0.717) is 24.5 Å². The summed E-state index contributed by atoms with van der Waals surface area (Å²) in [5.74, 6) is -1.00. The van der Waals surface area contributed by atoms with Gasteiger partial charge in [-0.2, -0.15) is 0 Å². The van der Waals surface area contributed by atoms with Gasteiger partial charge in [-0.05, 0) is 30.5 Å². The van der Waals surface area contributed by atoms with Crippen LogP contribution in [0.5, 0.6) is 0 Å². The number of carboxylic acid groups (broad SMARTS) is 1. The van der Waals surface area contributed by atoms with E-state index in [0.717, 1.165) is 19.4 Å². The number of ether oxygens (including phenoxy) is 2. The van der Waals surface area contributed by atoms with Crippen LogP contribution in [0.4, 0.5) is 5.69 Å². The van der Waals surface area contributed by atoms with Gasteiger partial charge in [-0.25, -0.2) is 0 Å². The number of aliphatic carboxylic acids is 1. The summed E-state index contributed by atoms with van der Waals surface area (Å²) in [7, 11) is 0. The van der Waals surface area contributed by atoms with Crippen molar-refractivity contribution in [3.8, 4) is 0 Å². The number of carbonyl (C=O) groups is 2. The molecule has 1 aromatic carbocycles. The Hall–Kier alpha value is -1.92. The standard InChI is InChI=1S/C16H21NO5/c18-15(7-9-21-11-14-2-1-8-22-14)17-13-5-3-12(4-6-13)10-16(19)20/h3-6,14H,1-2,7-11H2,(H,17,18)(H,19,20). The Labute approximate surface area is 129 Å². The second-order valence-corrected chi connectivity index (χ2v) is 5.28. The summed E-state index contributed by atoms with van der Waals surface area (Å²) in [6.07, 6.45) is 2.53. The molecule has 1 saturated heterocycles. The molecular formula is C16H21NO5. The molecule has 1 aliphatic heterocycles. The highest BCUT2D eigenvalue weighted by atomic mass is 16.5. The number of anilines is 1. The van der Waals surface area contributed by atoms with Gasteiger partial charge in [0.25, 0.3) is 0 Å². The van der Waals surface area contributed by atoms with Crippen LogP contribution >= 0.6 is 0 Å². The summed E-state index contributed by atoms with van der Waals surface area (Å²) in [4.78, 5) is 22.3. The monoisotopic (exact) mass is 307 g/mol. The fraction of sp³-hybridized carbons (Fsp3) is 0.500. The maximum absolute atomic E-state index is 11.8. The Kier molecular flexibility index (Phi) is 6.36. The summed E-state index contributed by atoms with van der Waals surface area (Å²) >= 11 is 0. The predicted octanol–water partition coefficient (Wildman–Crippen LogP) is 1.84. The van der Waals surface area contributed by atoms with Crippen molar-refractivity contribution in [1.82, 2.24) is 0 Å². The minimum atomic E-state index is -0.875. The van der Waals surface area contributed by atoms with Crippen molar-refractivity contribution in [3.05, 3.63) is 29.8 Å². The van der Waals surface area contributed by atoms with Crippen LogP contribution in [-0.2, 0) is 25.5 Å². The molecule has 0 aliphatic carbocycles. The number of hydrogen-bond donors (Lipinski definition) is 2. The normalized spacial score (nSPS) is 17.4. The molecule has 1 amide bonds. The molecule has 6 heteroatoms. The van der Waals surface area contributed by atoms with Gasteiger partial charge >= 0.3 is 5.97 Å². The summed E-state index contributed by atoms with van der Waals surface area (Å²) in [6, 6.07) is 6.78. The summed E-state index contributed by atoms with van der Waals surface area (Å²) in [6.45, 7) is 1.70. The Morgan fingerprint density at radius 3 is 2.73 bits per heavy atom. The molecule has 0 aromatic heterocycles. The zero-order valence-electron chi connectivity index (χ0n) is 12.4. The predicted molar refractivity (Wildman–Crippen MR) is 80.8 cm³/mol. The highest BCUT2D eigenvalue weighted by molar-refractivity contribution is 5.90. The minimum absolute atomic E-state index is 0.0225. The molecular weight excluding hydrogens is 286 g/mol. The maximum atomic E-state index is 11.8. The van der Waals surface area contributed by atoms with E-state index in [1.165, 1.54) is 0 Å². The van der Waals surface area contributed by atoms with Gasteiger partial charge in [0.1, 0.15) is 0 Å². The number of benzene rings is 1. The molecule has 1 heterocycles. The molecule has 1 fully saturated rings. The first kappa shape index (κ1) is 16.5.